The highest BCUT2D eigenvalue weighted by atomic mass is 15.1. The molecule has 1 aromatic heterocycles. The van der Waals surface area contributed by atoms with Crippen molar-refractivity contribution in [2.75, 3.05) is 13.6 Å². The summed E-state index contributed by atoms with van der Waals surface area (Å²) in [6.07, 6.45) is 0. The topological polar surface area (TPSA) is 45.0 Å². The van der Waals surface area contributed by atoms with Crippen LogP contribution >= 0.6 is 0 Å². The van der Waals surface area contributed by atoms with E-state index in [1.807, 2.05) is 0 Å². The van der Waals surface area contributed by atoms with Gasteiger partial charge in [-0.25, -0.2) is 0 Å². The van der Waals surface area contributed by atoms with Crippen LogP contribution in [0.3, 0.4) is 0 Å². The second-order valence-corrected chi connectivity index (χ2v) is 6.30. The summed E-state index contributed by atoms with van der Waals surface area (Å²) in [6, 6.07) is 17.5. The number of aromatic nitrogens is 1. The van der Waals surface area contributed by atoms with E-state index < -0.39 is 0 Å². The lowest BCUT2D eigenvalue weighted by molar-refractivity contribution is 0.293. The Kier molecular flexibility index (Phi) is 3.25. The maximum absolute atomic E-state index is 5.79. The molecule has 0 fully saturated rings. The molecule has 3 heteroatoms. The molecule has 4 rings (SSSR count). The molecule has 3 aromatic rings. The molecular weight excluding hydrogens is 270 g/mol. The van der Waals surface area contributed by atoms with Crippen molar-refractivity contribution in [2.45, 2.75) is 19.0 Å². The second kappa shape index (κ2) is 5.27. The van der Waals surface area contributed by atoms with Crippen LogP contribution in [0.2, 0.25) is 0 Å². The summed E-state index contributed by atoms with van der Waals surface area (Å²) in [5, 5.41) is 1.28. The fourth-order valence-corrected chi connectivity index (χ4v) is 3.58. The van der Waals surface area contributed by atoms with Crippen LogP contribution in [0.25, 0.3) is 10.9 Å². The second-order valence-electron chi connectivity index (χ2n) is 6.30. The van der Waals surface area contributed by atoms with Crippen LogP contribution in [0, 0.1) is 0 Å². The molecule has 1 unspecified atom stereocenters. The van der Waals surface area contributed by atoms with Crippen molar-refractivity contribution in [1.29, 1.82) is 0 Å². The first-order valence-electron chi connectivity index (χ1n) is 7.82. The largest absolute Gasteiger partial charge is 0.358 e. The van der Waals surface area contributed by atoms with Gasteiger partial charge in [-0.05, 0) is 41.3 Å². The Hall–Kier alpha value is -2.10. The fourth-order valence-electron chi connectivity index (χ4n) is 3.58. The highest BCUT2D eigenvalue weighted by Crippen LogP contribution is 2.34. The first-order chi connectivity index (χ1) is 10.7. The number of rotatable bonds is 2. The van der Waals surface area contributed by atoms with Gasteiger partial charge >= 0.3 is 0 Å². The molecule has 2 heterocycles. The predicted octanol–water partition coefficient (Wildman–Crippen LogP) is 3.20. The summed E-state index contributed by atoms with van der Waals surface area (Å²) in [6.45, 7) is 2.65. The van der Waals surface area contributed by atoms with Crippen LogP contribution in [-0.2, 0) is 13.1 Å². The average Bonchev–Trinajstić information content (AvgIpc) is 2.97. The third-order valence-corrected chi connectivity index (χ3v) is 4.68. The van der Waals surface area contributed by atoms with Gasteiger partial charge in [-0.3, -0.25) is 0 Å². The van der Waals surface area contributed by atoms with Crippen molar-refractivity contribution >= 4 is 10.9 Å². The SMILES string of the molecule is CN1Cc2cc(CN)ccc2C(c2cc3ccccc3[nH]2)C1. The predicted molar refractivity (Wildman–Crippen MR) is 90.8 cm³/mol. The lowest BCUT2D eigenvalue weighted by Crippen LogP contribution is -2.31. The molecule has 0 bridgehead atoms. The minimum atomic E-state index is 0.396. The molecule has 112 valence electrons. The van der Waals surface area contributed by atoms with Gasteiger partial charge < -0.3 is 15.6 Å². The van der Waals surface area contributed by atoms with E-state index >= 15 is 0 Å². The summed E-state index contributed by atoms with van der Waals surface area (Å²) in [5.41, 5.74) is 12.4. The molecule has 0 radical (unpaired) electrons. The van der Waals surface area contributed by atoms with E-state index in [1.54, 1.807) is 0 Å². The Morgan fingerprint density at radius 2 is 2.05 bits per heavy atom. The molecule has 0 saturated heterocycles. The zero-order chi connectivity index (χ0) is 15.1. The number of nitrogens with zero attached hydrogens (tertiary/aromatic N) is 1. The van der Waals surface area contributed by atoms with E-state index in [0.717, 1.165) is 13.1 Å². The van der Waals surface area contributed by atoms with Gasteiger partial charge in [-0.1, -0.05) is 36.4 Å². The molecule has 1 atom stereocenters. The fraction of sp³-hybridized carbons (Fsp3) is 0.263. The van der Waals surface area contributed by atoms with E-state index in [1.165, 1.54) is 33.3 Å². The average molecular weight is 291 g/mol. The molecule has 0 saturated carbocycles. The molecule has 3 N–H and O–H groups in total. The molecule has 1 aliphatic rings. The number of fused-ring (bicyclic) bond motifs is 2. The number of hydrogen-bond acceptors (Lipinski definition) is 2. The number of nitrogens with two attached hydrogens (primary N) is 1. The van der Waals surface area contributed by atoms with Gasteiger partial charge in [-0.15, -0.1) is 0 Å². The zero-order valence-electron chi connectivity index (χ0n) is 12.8. The van der Waals surface area contributed by atoms with Crippen molar-refractivity contribution in [3.63, 3.8) is 0 Å². The van der Waals surface area contributed by atoms with E-state index in [9.17, 15) is 0 Å². The highest BCUT2D eigenvalue weighted by Gasteiger charge is 2.26. The molecular formula is C19H21N3. The van der Waals surface area contributed by atoms with Gasteiger partial charge in [0.25, 0.3) is 0 Å². The van der Waals surface area contributed by atoms with Crippen molar-refractivity contribution in [1.82, 2.24) is 9.88 Å². The smallest absolute Gasteiger partial charge is 0.0456 e. The standard InChI is InChI=1S/C19H21N3/c1-22-11-15-8-13(10-20)6-7-16(15)17(12-22)19-9-14-4-2-3-5-18(14)21-19/h2-9,17,21H,10-12,20H2,1H3. The lowest BCUT2D eigenvalue weighted by Gasteiger charge is -2.32. The van der Waals surface area contributed by atoms with Crippen molar-refractivity contribution in [3.05, 3.63) is 70.9 Å². The summed E-state index contributed by atoms with van der Waals surface area (Å²) in [5.74, 6) is 0.396. The van der Waals surface area contributed by atoms with Crippen molar-refractivity contribution in [2.24, 2.45) is 5.73 Å². The molecule has 0 aliphatic carbocycles. The van der Waals surface area contributed by atoms with E-state index in [-0.39, 0.29) is 0 Å². The van der Waals surface area contributed by atoms with Crippen molar-refractivity contribution in [3.8, 4) is 0 Å². The monoisotopic (exact) mass is 291 g/mol. The van der Waals surface area contributed by atoms with Gasteiger partial charge in [0.05, 0.1) is 0 Å². The Morgan fingerprint density at radius 1 is 1.18 bits per heavy atom. The molecule has 1 aliphatic heterocycles. The van der Waals surface area contributed by atoms with Crippen LogP contribution in [0.5, 0.6) is 0 Å². The Bertz CT molecular complexity index is 785. The number of H-pyrrole nitrogens is 1. The number of benzene rings is 2. The van der Waals surface area contributed by atoms with E-state index in [0.29, 0.717) is 12.5 Å². The molecule has 0 amide bonds. The normalized spacial score (nSPS) is 18.5. The Morgan fingerprint density at radius 3 is 2.86 bits per heavy atom. The third-order valence-electron chi connectivity index (χ3n) is 4.68. The van der Waals surface area contributed by atoms with Gasteiger partial charge in [0.1, 0.15) is 0 Å². The van der Waals surface area contributed by atoms with Gasteiger partial charge in [-0.2, -0.15) is 0 Å². The maximum atomic E-state index is 5.79. The van der Waals surface area contributed by atoms with Crippen LogP contribution in [0.4, 0.5) is 0 Å². The zero-order valence-corrected chi connectivity index (χ0v) is 12.8. The minimum absolute atomic E-state index is 0.396. The minimum Gasteiger partial charge on any atom is -0.358 e. The van der Waals surface area contributed by atoms with E-state index in [2.05, 4.69) is 65.5 Å². The van der Waals surface area contributed by atoms with Gasteiger partial charge in [0.15, 0.2) is 0 Å². The number of hydrogen-bond donors (Lipinski definition) is 2. The molecule has 0 spiro atoms. The van der Waals surface area contributed by atoms with Crippen LogP contribution in [0.1, 0.15) is 28.3 Å². The number of nitrogens with one attached hydrogen (secondary N) is 1. The first kappa shape index (κ1) is 13.6. The molecule has 3 nitrogen and oxygen atoms in total. The van der Waals surface area contributed by atoms with Crippen LogP contribution in [-0.4, -0.2) is 23.5 Å². The highest BCUT2D eigenvalue weighted by molar-refractivity contribution is 5.80. The summed E-state index contributed by atoms with van der Waals surface area (Å²) >= 11 is 0. The number of likely N-dealkylation sites (N-methyl/N-ethyl adjacent to an activating group) is 1. The number of para-hydroxylation sites is 1. The Labute approximate surface area is 130 Å². The Balaban J connectivity index is 1.82. The summed E-state index contributed by atoms with van der Waals surface area (Å²) < 4.78 is 0. The first-order valence-corrected chi connectivity index (χ1v) is 7.82. The summed E-state index contributed by atoms with van der Waals surface area (Å²) in [4.78, 5) is 5.99. The van der Waals surface area contributed by atoms with Crippen molar-refractivity contribution < 1.29 is 0 Å². The van der Waals surface area contributed by atoms with Crippen LogP contribution in [0.15, 0.2) is 48.5 Å². The maximum Gasteiger partial charge on any atom is 0.0456 e. The van der Waals surface area contributed by atoms with Gasteiger partial charge in [0.2, 0.25) is 0 Å². The van der Waals surface area contributed by atoms with Gasteiger partial charge in [0, 0.05) is 36.8 Å². The molecule has 22 heavy (non-hydrogen) atoms. The third kappa shape index (κ3) is 2.23. The quantitative estimate of drug-likeness (QED) is 0.761. The lowest BCUT2D eigenvalue weighted by atomic mass is 9.86. The number of aromatic amines is 1. The van der Waals surface area contributed by atoms with E-state index in [4.69, 9.17) is 5.73 Å². The van der Waals surface area contributed by atoms with Crippen LogP contribution < -0.4 is 5.73 Å². The molecule has 2 aromatic carbocycles. The summed E-state index contributed by atoms with van der Waals surface area (Å²) in [7, 11) is 2.19.